The van der Waals surface area contributed by atoms with Gasteiger partial charge in [-0.25, -0.2) is 9.78 Å². The molecular formula is C14H18N4O3. The second kappa shape index (κ2) is 6.74. The smallest absolute Gasteiger partial charge is 0.412 e. The molecule has 2 heterocycles. The van der Waals surface area contributed by atoms with E-state index in [4.69, 9.17) is 4.74 Å². The van der Waals surface area contributed by atoms with Crippen LogP contribution >= 0.6 is 0 Å². The number of anilines is 1. The number of fused-ring (bicyclic) bond motifs is 1. The van der Waals surface area contributed by atoms with Gasteiger partial charge in [0.15, 0.2) is 0 Å². The maximum atomic E-state index is 11.4. The average molecular weight is 290 g/mol. The van der Waals surface area contributed by atoms with Gasteiger partial charge in [-0.05, 0) is 31.0 Å². The van der Waals surface area contributed by atoms with Crippen molar-refractivity contribution in [1.82, 2.24) is 15.3 Å². The van der Waals surface area contributed by atoms with E-state index >= 15 is 0 Å². The van der Waals surface area contributed by atoms with Crippen molar-refractivity contribution < 1.29 is 14.3 Å². The average Bonchev–Trinajstić information content (AvgIpc) is 2.81. The number of aromatic amines is 1. The lowest BCUT2D eigenvalue weighted by atomic mass is 10.2. The number of nitrogens with one attached hydrogen (secondary N) is 3. The number of amides is 2. The molecule has 2 rings (SSSR count). The van der Waals surface area contributed by atoms with Crippen LogP contribution in [0.4, 0.5) is 10.6 Å². The number of hydrogen-bond acceptors (Lipinski definition) is 4. The normalized spacial score (nSPS) is 10.4. The lowest BCUT2D eigenvalue weighted by molar-refractivity contribution is -0.118. The number of H-pyrrole nitrogens is 1. The number of carbonyl (C=O) groups excluding carboxylic acids is 2. The molecule has 112 valence electrons. The second-order valence-electron chi connectivity index (χ2n) is 4.49. The van der Waals surface area contributed by atoms with Gasteiger partial charge in [0.2, 0.25) is 5.91 Å². The van der Waals surface area contributed by atoms with Crippen LogP contribution < -0.4 is 10.6 Å². The summed E-state index contributed by atoms with van der Waals surface area (Å²) in [7, 11) is 0. The molecular weight excluding hydrogens is 272 g/mol. The van der Waals surface area contributed by atoms with Crippen LogP contribution in [0.15, 0.2) is 18.3 Å². The molecule has 21 heavy (non-hydrogen) atoms. The van der Waals surface area contributed by atoms with E-state index in [-0.39, 0.29) is 5.91 Å². The van der Waals surface area contributed by atoms with E-state index in [1.165, 1.54) is 6.92 Å². The Kier molecular flexibility index (Phi) is 4.76. The van der Waals surface area contributed by atoms with Gasteiger partial charge in [0.25, 0.3) is 0 Å². The predicted octanol–water partition coefficient (Wildman–Crippen LogP) is 1.81. The van der Waals surface area contributed by atoms with Crippen molar-refractivity contribution >= 4 is 28.9 Å². The van der Waals surface area contributed by atoms with E-state index in [0.717, 1.165) is 16.6 Å². The monoisotopic (exact) mass is 290 g/mol. The van der Waals surface area contributed by atoms with Gasteiger partial charge in [-0.2, -0.15) is 0 Å². The summed E-state index contributed by atoms with van der Waals surface area (Å²) < 4.78 is 4.82. The molecule has 7 heteroatoms. The van der Waals surface area contributed by atoms with Crippen LogP contribution in [0, 0.1) is 0 Å². The van der Waals surface area contributed by atoms with Crippen molar-refractivity contribution in [1.29, 1.82) is 0 Å². The fourth-order valence-corrected chi connectivity index (χ4v) is 1.96. The van der Waals surface area contributed by atoms with E-state index in [1.807, 2.05) is 12.3 Å². The van der Waals surface area contributed by atoms with Crippen LogP contribution in [0.5, 0.6) is 0 Å². The highest BCUT2D eigenvalue weighted by atomic mass is 16.5. The highest BCUT2D eigenvalue weighted by molar-refractivity contribution is 5.87. The molecule has 0 bridgehead atoms. The molecule has 0 aliphatic rings. The Morgan fingerprint density at radius 3 is 2.90 bits per heavy atom. The van der Waals surface area contributed by atoms with Crippen LogP contribution in [0.25, 0.3) is 11.0 Å². The Hall–Kier alpha value is -2.57. The molecule has 7 nitrogen and oxygen atoms in total. The Balaban J connectivity index is 2.12. The summed E-state index contributed by atoms with van der Waals surface area (Å²) in [5.41, 5.74) is 2.63. The molecule has 0 radical (unpaired) electrons. The Labute approximate surface area is 122 Å². The predicted molar refractivity (Wildman–Crippen MR) is 79.1 cm³/mol. The summed E-state index contributed by atoms with van der Waals surface area (Å²) in [6.07, 6.45) is 1.99. The molecule has 0 aromatic carbocycles. The number of rotatable bonds is 5. The lowest BCUT2D eigenvalue weighted by Crippen LogP contribution is -2.22. The molecule has 0 fully saturated rings. The zero-order valence-electron chi connectivity index (χ0n) is 12.0. The molecule has 0 unspecified atom stereocenters. The van der Waals surface area contributed by atoms with Crippen LogP contribution in [0.1, 0.15) is 19.4 Å². The Morgan fingerprint density at radius 2 is 2.19 bits per heavy atom. The topological polar surface area (TPSA) is 96.1 Å². The third kappa shape index (κ3) is 3.95. The van der Waals surface area contributed by atoms with Gasteiger partial charge >= 0.3 is 6.09 Å². The summed E-state index contributed by atoms with van der Waals surface area (Å²) in [6.45, 7) is 4.07. The van der Waals surface area contributed by atoms with E-state index in [2.05, 4.69) is 20.6 Å². The minimum atomic E-state index is -0.528. The van der Waals surface area contributed by atoms with Gasteiger partial charge < -0.3 is 15.0 Å². The summed E-state index contributed by atoms with van der Waals surface area (Å²) in [6, 6.07) is 3.54. The minimum Gasteiger partial charge on any atom is -0.450 e. The van der Waals surface area contributed by atoms with Crippen LogP contribution in [0.2, 0.25) is 0 Å². The molecule has 0 saturated carbocycles. The third-order valence-electron chi connectivity index (χ3n) is 2.88. The number of pyridine rings is 1. The van der Waals surface area contributed by atoms with Crippen molar-refractivity contribution in [3.63, 3.8) is 0 Å². The molecule has 0 spiro atoms. The zero-order valence-corrected chi connectivity index (χ0v) is 12.0. The number of carbonyl (C=O) groups is 2. The Bertz CT molecular complexity index is 651. The van der Waals surface area contributed by atoms with Crippen molar-refractivity contribution in [2.45, 2.75) is 20.3 Å². The summed E-state index contributed by atoms with van der Waals surface area (Å²) in [5.74, 6) is 0.369. The fraction of sp³-hybridized carbons (Fsp3) is 0.357. The highest BCUT2D eigenvalue weighted by Gasteiger charge is 2.08. The van der Waals surface area contributed by atoms with Gasteiger partial charge in [-0.15, -0.1) is 0 Å². The van der Waals surface area contributed by atoms with E-state index in [1.54, 1.807) is 13.0 Å². The van der Waals surface area contributed by atoms with E-state index < -0.39 is 6.09 Å². The lowest BCUT2D eigenvalue weighted by Gasteiger charge is -2.05. The van der Waals surface area contributed by atoms with Crippen molar-refractivity contribution in [2.24, 2.45) is 0 Å². The van der Waals surface area contributed by atoms with E-state index in [9.17, 15) is 9.59 Å². The molecule has 0 saturated heterocycles. The van der Waals surface area contributed by atoms with E-state index in [0.29, 0.717) is 25.4 Å². The first-order valence-electron chi connectivity index (χ1n) is 6.75. The Morgan fingerprint density at radius 1 is 1.38 bits per heavy atom. The number of nitrogens with zero attached hydrogens (tertiary/aromatic N) is 1. The van der Waals surface area contributed by atoms with Crippen LogP contribution in [0.3, 0.4) is 0 Å². The number of hydrogen-bond donors (Lipinski definition) is 3. The fourth-order valence-electron chi connectivity index (χ4n) is 1.96. The van der Waals surface area contributed by atoms with Gasteiger partial charge in [0, 0.05) is 19.7 Å². The second-order valence-corrected chi connectivity index (χ2v) is 4.49. The summed E-state index contributed by atoms with van der Waals surface area (Å²) >= 11 is 0. The summed E-state index contributed by atoms with van der Waals surface area (Å²) in [4.78, 5) is 29.8. The van der Waals surface area contributed by atoms with Gasteiger partial charge in [-0.3, -0.25) is 10.1 Å². The maximum absolute atomic E-state index is 11.4. The first-order chi connectivity index (χ1) is 10.1. The quantitative estimate of drug-likeness (QED) is 0.782. The number of aromatic nitrogens is 2. The first-order valence-corrected chi connectivity index (χ1v) is 6.75. The largest absolute Gasteiger partial charge is 0.450 e. The molecule has 2 amide bonds. The van der Waals surface area contributed by atoms with Crippen molar-refractivity contribution in [3.8, 4) is 0 Å². The molecule has 3 N–H and O–H groups in total. The van der Waals surface area contributed by atoms with Crippen molar-refractivity contribution in [3.05, 3.63) is 23.9 Å². The molecule has 2 aromatic heterocycles. The first kappa shape index (κ1) is 14.8. The number of ether oxygens (including phenoxy) is 1. The molecule has 2 aromatic rings. The summed E-state index contributed by atoms with van der Waals surface area (Å²) in [5, 5.41) is 5.31. The van der Waals surface area contributed by atoms with Crippen LogP contribution in [-0.4, -0.2) is 35.1 Å². The van der Waals surface area contributed by atoms with Gasteiger partial charge in [-0.1, -0.05) is 0 Å². The zero-order chi connectivity index (χ0) is 15.2. The van der Waals surface area contributed by atoms with Gasteiger partial charge in [0.1, 0.15) is 5.82 Å². The SMILES string of the molecule is CCOC(=O)Nc1ccc2[nH]cc(CCNC(C)=O)c2n1. The molecule has 0 aliphatic heterocycles. The molecule has 0 aliphatic carbocycles. The maximum Gasteiger partial charge on any atom is 0.412 e. The standard InChI is InChI=1S/C14H18N4O3/c1-3-21-14(20)18-12-5-4-11-13(17-12)10(8-16-11)6-7-15-9(2)19/h4-5,8,16H,3,6-7H2,1-2H3,(H,15,19)(H,17,18,20). The van der Waals surface area contributed by atoms with Gasteiger partial charge in [0.05, 0.1) is 17.6 Å². The van der Waals surface area contributed by atoms with Crippen LogP contribution in [-0.2, 0) is 16.0 Å². The minimum absolute atomic E-state index is 0.0625. The third-order valence-corrected chi connectivity index (χ3v) is 2.88. The highest BCUT2D eigenvalue weighted by Crippen LogP contribution is 2.19. The molecule has 0 atom stereocenters. The van der Waals surface area contributed by atoms with Crippen molar-refractivity contribution in [2.75, 3.05) is 18.5 Å².